The van der Waals surface area contributed by atoms with Crippen LogP contribution in [0.4, 0.5) is 26.1 Å². The first-order valence-electron chi connectivity index (χ1n) is 11.8. The summed E-state index contributed by atoms with van der Waals surface area (Å²) in [5.41, 5.74) is 1.48. The lowest BCUT2D eigenvalue weighted by molar-refractivity contribution is 0.209. The van der Waals surface area contributed by atoms with Crippen molar-refractivity contribution >= 4 is 17.3 Å². The fraction of sp³-hybridized carbons (Fsp3) is 0.385. The quantitative estimate of drug-likeness (QED) is 0.446. The van der Waals surface area contributed by atoms with Crippen LogP contribution in [0.2, 0.25) is 0 Å². The molecular weight excluding hydrogens is 484 g/mol. The Bertz CT molecular complexity index is 1190. The lowest BCUT2D eigenvalue weighted by atomic mass is 10.1. The molecule has 2 heterocycles. The van der Waals surface area contributed by atoms with Crippen molar-refractivity contribution in [2.45, 2.75) is 13.0 Å². The maximum absolute atomic E-state index is 14.8. The summed E-state index contributed by atoms with van der Waals surface area (Å²) in [5, 5.41) is 3.14. The van der Waals surface area contributed by atoms with Crippen LogP contribution < -0.4 is 29.2 Å². The number of halogens is 2. The largest absolute Gasteiger partial charge is 0.495 e. The van der Waals surface area contributed by atoms with Gasteiger partial charge in [0.25, 0.3) is 0 Å². The van der Waals surface area contributed by atoms with Gasteiger partial charge in [0, 0.05) is 44.0 Å². The zero-order valence-corrected chi connectivity index (χ0v) is 21.5. The second-order valence-corrected chi connectivity index (χ2v) is 8.63. The van der Waals surface area contributed by atoms with Crippen LogP contribution in [0, 0.1) is 11.6 Å². The van der Waals surface area contributed by atoms with Gasteiger partial charge in [-0.25, -0.2) is 18.7 Å². The monoisotopic (exact) mass is 515 g/mol. The number of ether oxygens (including phenoxy) is 4. The van der Waals surface area contributed by atoms with Gasteiger partial charge in [-0.15, -0.1) is 0 Å². The molecule has 1 aliphatic heterocycles. The molecule has 1 atom stereocenters. The highest BCUT2D eigenvalue weighted by atomic mass is 19.1. The van der Waals surface area contributed by atoms with Gasteiger partial charge in [0.15, 0.2) is 28.9 Å². The number of nitrogens with zero attached hydrogens (tertiary/aromatic N) is 4. The van der Waals surface area contributed by atoms with Gasteiger partial charge in [-0.1, -0.05) is 0 Å². The number of aromatic nitrogens is 2. The molecule has 1 aliphatic rings. The van der Waals surface area contributed by atoms with Gasteiger partial charge in [0.2, 0.25) is 5.95 Å². The van der Waals surface area contributed by atoms with Crippen molar-refractivity contribution in [2.24, 2.45) is 0 Å². The molecule has 0 amide bonds. The number of likely N-dealkylation sites (N-methyl/N-ethyl adjacent to an activating group) is 1. The summed E-state index contributed by atoms with van der Waals surface area (Å²) in [6, 6.07) is 6.99. The summed E-state index contributed by atoms with van der Waals surface area (Å²) < 4.78 is 50.9. The van der Waals surface area contributed by atoms with Crippen molar-refractivity contribution in [1.82, 2.24) is 14.9 Å². The summed E-state index contributed by atoms with van der Waals surface area (Å²) >= 11 is 0. The van der Waals surface area contributed by atoms with Gasteiger partial charge >= 0.3 is 0 Å². The lowest BCUT2D eigenvalue weighted by Crippen LogP contribution is -2.44. The van der Waals surface area contributed by atoms with Crippen molar-refractivity contribution in [3.63, 3.8) is 0 Å². The van der Waals surface area contributed by atoms with E-state index in [1.807, 2.05) is 18.2 Å². The van der Waals surface area contributed by atoms with E-state index in [9.17, 15) is 8.78 Å². The van der Waals surface area contributed by atoms with E-state index in [0.29, 0.717) is 5.95 Å². The lowest BCUT2D eigenvalue weighted by Gasteiger charge is -2.34. The number of piperazine rings is 1. The van der Waals surface area contributed by atoms with Gasteiger partial charge in [-0.3, -0.25) is 0 Å². The van der Waals surface area contributed by atoms with E-state index in [4.69, 9.17) is 18.9 Å². The fourth-order valence-electron chi connectivity index (χ4n) is 4.16. The third-order valence-electron chi connectivity index (χ3n) is 6.23. The van der Waals surface area contributed by atoms with Crippen LogP contribution in [0.15, 0.2) is 36.7 Å². The number of hydrogen-bond acceptors (Lipinski definition) is 9. The second-order valence-electron chi connectivity index (χ2n) is 8.63. The smallest absolute Gasteiger partial charge is 0.227 e. The molecule has 0 spiro atoms. The molecule has 3 aromatic rings. The molecule has 9 nitrogen and oxygen atoms in total. The Labute approximate surface area is 214 Å². The maximum atomic E-state index is 14.8. The number of nitrogens with one attached hydrogen (secondary N) is 1. The maximum Gasteiger partial charge on any atom is 0.227 e. The zero-order chi connectivity index (χ0) is 26.5. The van der Waals surface area contributed by atoms with Crippen LogP contribution in [0.3, 0.4) is 0 Å². The van der Waals surface area contributed by atoms with E-state index in [1.54, 1.807) is 7.11 Å². The first-order chi connectivity index (χ1) is 17.8. The first kappa shape index (κ1) is 26.2. The Morgan fingerprint density at radius 2 is 1.46 bits per heavy atom. The summed E-state index contributed by atoms with van der Waals surface area (Å²) in [4.78, 5) is 13.1. The number of rotatable bonds is 9. The van der Waals surface area contributed by atoms with Crippen LogP contribution in [-0.4, -0.2) is 69.4 Å². The molecule has 11 heteroatoms. The minimum absolute atomic E-state index is 0.145. The summed E-state index contributed by atoms with van der Waals surface area (Å²) in [5.74, 6) is -0.692. The Morgan fingerprint density at radius 1 is 0.865 bits per heavy atom. The topological polar surface area (TPSA) is 81.2 Å². The van der Waals surface area contributed by atoms with Crippen molar-refractivity contribution in [3.8, 4) is 23.0 Å². The average molecular weight is 516 g/mol. The van der Waals surface area contributed by atoms with E-state index < -0.39 is 17.7 Å². The van der Waals surface area contributed by atoms with E-state index in [2.05, 4.69) is 32.1 Å². The van der Waals surface area contributed by atoms with E-state index in [0.717, 1.165) is 49.4 Å². The minimum atomic E-state index is -1.00. The fourth-order valence-corrected chi connectivity index (χ4v) is 4.16. The summed E-state index contributed by atoms with van der Waals surface area (Å²) in [6.45, 7) is 5.36. The predicted molar refractivity (Wildman–Crippen MR) is 137 cm³/mol. The van der Waals surface area contributed by atoms with Gasteiger partial charge in [-0.05, 0) is 26.1 Å². The van der Waals surface area contributed by atoms with Gasteiger partial charge in [-0.2, -0.15) is 0 Å². The third kappa shape index (κ3) is 5.77. The average Bonchev–Trinajstić information content (AvgIpc) is 2.90. The van der Waals surface area contributed by atoms with Crippen molar-refractivity contribution in [3.05, 3.63) is 53.9 Å². The molecule has 0 saturated carbocycles. The zero-order valence-electron chi connectivity index (χ0n) is 21.5. The minimum Gasteiger partial charge on any atom is -0.495 e. The molecule has 0 radical (unpaired) electrons. The normalized spacial score (nSPS) is 14.7. The molecule has 1 N–H and O–H groups in total. The van der Waals surface area contributed by atoms with Crippen molar-refractivity contribution in [1.29, 1.82) is 0 Å². The molecule has 2 aromatic carbocycles. The van der Waals surface area contributed by atoms with E-state index >= 15 is 0 Å². The molecule has 198 valence electrons. The Morgan fingerprint density at radius 3 is 2.03 bits per heavy atom. The number of methoxy groups -OCH3 is 3. The van der Waals surface area contributed by atoms with Gasteiger partial charge in [0.1, 0.15) is 11.9 Å². The first-order valence-corrected chi connectivity index (χ1v) is 11.8. The number of anilines is 3. The van der Waals surface area contributed by atoms with E-state index in [1.165, 1.54) is 33.5 Å². The molecule has 1 fully saturated rings. The second kappa shape index (κ2) is 11.5. The SMILES string of the molecule is COc1cc(Nc2ncc(OC(C)c3c(F)c(OC)cc(OC)c3F)cn2)ccc1N1CCN(C)CC1. The highest BCUT2D eigenvalue weighted by molar-refractivity contribution is 5.67. The van der Waals surface area contributed by atoms with Crippen LogP contribution in [0.1, 0.15) is 18.6 Å². The molecule has 1 aromatic heterocycles. The third-order valence-corrected chi connectivity index (χ3v) is 6.23. The summed E-state index contributed by atoms with van der Waals surface area (Å²) in [6.07, 6.45) is 1.85. The Balaban J connectivity index is 1.46. The molecule has 0 aliphatic carbocycles. The van der Waals surface area contributed by atoms with Gasteiger partial charge < -0.3 is 34.1 Å². The highest BCUT2D eigenvalue weighted by Crippen LogP contribution is 2.36. The molecular formula is C26H31F2N5O4. The number of benzene rings is 2. The van der Waals surface area contributed by atoms with Gasteiger partial charge in [0.05, 0.1) is 45.0 Å². The molecule has 4 rings (SSSR count). The molecule has 37 heavy (non-hydrogen) atoms. The molecule has 1 unspecified atom stereocenters. The summed E-state index contributed by atoms with van der Waals surface area (Å²) in [7, 11) is 6.34. The van der Waals surface area contributed by atoms with Crippen molar-refractivity contribution in [2.75, 3.05) is 64.8 Å². The van der Waals surface area contributed by atoms with Crippen LogP contribution in [0.5, 0.6) is 23.0 Å². The predicted octanol–water partition coefficient (Wildman–Crippen LogP) is 4.42. The standard InChI is InChI=1S/C26H31F2N5O4/c1-16(23-24(27)21(35-4)13-22(36-5)25(23)28)37-18-14-29-26(30-15-18)31-17-6-7-19(20(12-17)34-3)33-10-8-32(2)9-11-33/h6-7,12-16H,8-11H2,1-5H3,(H,29,30,31). The highest BCUT2D eigenvalue weighted by Gasteiger charge is 2.26. The Kier molecular flexibility index (Phi) is 8.12. The van der Waals surface area contributed by atoms with Crippen LogP contribution >= 0.6 is 0 Å². The van der Waals surface area contributed by atoms with Crippen LogP contribution in [-0.2, 0) is 0 Å². The Hall–Kier alpha value is -3.86. The molecule has 1 saturated heterocycles. The molecule has 0 bridgehead atoms. The number of hydrogen-bond donors (Lipinski definition) is 1. The van der Waals surface area contributed by atoms with Crippen molar-refractivity contribution < 1.29 is 27.7 Å². The van der Waals surface area contributed by atoms with Crippen LogP contribution in [0.25, 0.3) is 0 Å². The van der Waals surface area contributed by atoms with E-state index in [-0.39, 0.29) is 22.8 Å².